The molecular weight excluding hydrogens is 338 g/mol. The van der Waals surface area contributed by atoms with Crippen molar-refractivity contribution in [2.45, 2.75) is 13.5 Å². The van der Waals surface area contributed by atoms with Crippen molar-refractivity contribution in [2.75, 3.05) is 6.54 Å². The molecule has 126 valence electrons. The molecule has 0 fully saturated rings. The van der Waals surface area contributed by atoms with Crippen molar-refractivity contribution in [2.24, 2.45) is 0 Å². The minimum Gasteiger partial charge on any atom is -0.510 e. The largest absolute Gasteiger partial charge is 0.510 e. The minimum atomic E-state index is 0.134. The third-order valence-corrected chi connectivity index (χ3v) is 4.73. The number of aryl methyl sites for hydroxylation is 1. The highest BCUT2D eigenvalue weighted by atomic mass is 32.1. The normalized spacial score (nSPS) is 14.6. The van der Waals surface area contributed by atoms with Gasteiger partial charge in [0.25, 0.3) is 0 Å². The molecule has 0 saturated carbocycles. The van der Waals surface area contributed by atoms with Crippen LogP contribution < -0.4 is 0 Å². The van der Waals surface area contributed by atoms with E-state index in [1.165, 1.54) is 11.3 Å². The number of thiazole rings is 1. The van der Waals surface area contributed by atoms with Gasteiger partial charge in [-0.3, -0.25) is 5.41 Å². The molecule has 2 N–H and O–H groups in total. The zero-order valence-electron chi connectivity index (χ0n) is 13.4. The van der Waals surface area contributed by atoms with Crippen LogP contribution in [0, 0.1) is 12.3 Å². The average Bonchev–Trinajstić information content (AvgIpc) is 3.30. The molecule has 0 atom stereocenters. The zero-order chi connectivity index (χ0) is 17.4. The Labute approximate surface area is 147 Å². The topological polar surface area (TPSA) is 99.1 Å². The fourth-order valence-electron chi connectivity index (χ4n) is 2.69. The number of aromatic nitrogens is 3. The molecule has 3 heterocycles. The number of amidine groups is 1. The van der Waals surface area contributed by atoms with Crippen LogP contribution >= 0.6 is 11.3 Å². The molecule has 1 aliphatic heterocycles. The highest BCUT2D eigenvalue weighted by Gasteiger charge is 2.31. The molecule has 1 aliphatic rings. The first kappa shape index (κ1) is 15.5. The van der Waals surface area contributed by atoms with Crippen LogP contribution in [0.1, 0.15) is 16.7 Å². The molecule has 8 heteroatoms. The smallest absolute Gasteiger partial charge is 0.246 e. The van der Waals surface area contributed by atoms with Gasteiger partial charge in [0, 0.05) is 10.9 Å². The van der Waals surface area contributed by atoms with Gasteiger partial charge < -0.3 is 14.5 Å². The van der Waals surface area contributed by atoms with Crippen LogP contribution in [0.25, 0.3) is 16.8 Å². The van der Waals surface area contributed by atoms with Crippen molar-refractivity contribution < 1.29 is 9.63 Å². The van der Waals surface area contributed by atoms with Crippen molar-refractivity contribution in [3.8, 4) is 11.3 Å². The number of benzene rings is 1. The standard InChI is InChI=1S/C17H15N5O2S/c1-10-19-14(24-21-10)8-22-7-13(23)15(16(22)18)17-20-12(9-25-17)11-5-3-2-4-6-11/h2-6,9,18,23H,7-8H2,1H3. The quantitative estimate of drug-likeness (QED) is 0.747. The lowest BCUT2D eigenvalue weighted by Gasteiger charge is -2.15. The lowest BCUT2D eigenvalue weighted by atomic mass is 10.2. The Morgan fingerprint density at radius 1 is 1.28 bits per heavy atom. The molecule has 3 aromatic rings. The monoisotopic (exact) mass is 353 g/mol. The SMILES string of the molecule is Cc1noc(CN2CC(O)=C(c3nc(-c4ccccc4)cs3)C2=N)n1. The fraction of sp³-hybridized carbons (Fsp3) is 0.176. The molecule has 0 saturated heterocycles. The summed E-state index contributed by atoms with van der Waals surface area (Å²) in [5.41, 5.74) is 2.30. The van der Waals surface area contributed by atoms with Gasteiger partial charge in [0.1, 0.15) is 16.6 Å². The Kier molecular flexibility index (Phi) is 3.81. The molecule has 0 unspecified atom stereocenters. The summed E-state index contributed by atoms with van der Waals surface area (Å²) >= 11 is 1.41. The summed E-state index contributed by atoms with van der Waals surface area (Å²) in [6.07, 6.45) is 0. The molecule has 4 rings (SSSR count). The van der Waals surface area contributed by atoms with Crippen LogP contribution in [-0.4, -0.2) is 37.5 Å². The third-order valence-electron chi connectivity index (χ3n) is 3.87. The summed E-state index contributed by atoms with van der Waals surface area (Å²) in [7, 11) is 0. The predicted octanol–water partition coefficient (Wildman–Crippen LogP) is 3.26. The lowest BCUT2D eigenvalue weighted by molar-refractivity contribution is 0.300. The molecule has 0 bridgehead atoms. The average molecular weight is 353 g/mol. The van der Waals surface area contributed by atoms with E-state index < -0.39 is 0 Å². The third kappa shape index (κ3) is 2.91. The highest BCUT2D eigenvalue weighted by molar-refractivity contribution is 7.11. The van der Waals surface area contributed by atoms with E-state index in [2.05, 4.69) is 15.1 Å². The summed E-state index contributed by atoms with van der Waals surface area (Å²) < 4.78 is 5.10. The fourth-order valence-corrected chi connectivity index (χ4v) is 3.59. The molecule has 0 aliphatic carbocycles. The molecule has 0 radical (unpaired) electrons. The number of nitrogens with zero attached hydrogens (tertiary/aromatic N) is 4. The summed E-state index contributed by atoms with van der Waals surface area (Å²) in [5.74, 6) is 1.31. The van der Waals surface area contributed by atoms with E-state index in [0.29, 0.717) is 22.3 Å². The molecule has 2 aromatic heterocycles. The van der Waals surface area contributed by atoms with Crippen molar-refractivity contribution in [1.82, 2.24) is 20.0 Å². The van der Waals surface area contributed by atoms with Crippen molar-refractivity contribution >= 4 is 22.7 Å². The van der Waals surface area contributed by atoms with Gasteiger partial charge in [-0.15, -0.1) is 11.3 Å². The van der Waals surface area contributed by atoms with E-state index in [4.69, 9.17) is 9.93 Å². The molecule has 7 nitrogen and oxygen atoms in total. The molecule has 0 spiro atoms. The second-order valence-electron chi connectivity index (χ2n) is 5.67. The van der Waals surface area contributed by atoms with Gasteiger partial charge >= 0.3 is 0 Å². The van der Waals surface area contributed by atoms with Gasteiger partial charge in [-0.1, -0.05) is 35.5 Å². The minimum absolute atomic E-state index is 0.134. The second kappa shape index (κ2) is 6.14. The maximum Gasteiger partial charge on any atom is 0.246 e. The molecule has 25 heavy (non-hydrogen) atoms. The van der Waals surface area contributed by atoms with Crippen LogP contribution in [0.3, 0.4) is 0 Å². The summed E-state index contributed by atoms with van der Waals surface area (Å²) in [6, 6.07) is 9.83. The zero-order valence-corrected chi connectivity index (χ0v) is 14.2. The Morgan fingerprint density at radius 2 is 2.08 bits per heavy atom. The van der Waals surface area contributed by atoms with E-state index in [1.54, 1.807) is 11.8 Å². The van der Waals surface area contributed by atoms with Gasteiger partial charge in [0.15, 0.2) is 5.82 Å². The van der Waals surface area contributed by atoms with E-state index in [-0.39, 0.29) is 24.7 Å². The van der Waals surface area contributed by atoms with Gasteiger partial charge in [0.2, 0.25) is 5.89 Å². The van der Waals surface area contributed by atoms with Crippen molar-refractivity contribution in [3.05, 3.63) is 58.2 Å². The highest BCUT2D eigenvalue weighted by Crippen LogP contribution is 2.32. The summed E-state index contributed by atoms with van der Waals surface area (Å²) in [4.78, 5) is 10.4. The number of aliphatic hydroxyl groups is 1. The van der Waals surface area contributed by atoms with Crippen LogP contribution in [0.5, 0.6) is 0 Å². The number of nitrogens with one attached hydrogen (secondary N) is 1. The summed E-state index contributed by atoms with van der Waals surface area (Å²) in [5, 5.41) is 25.0. The number of rotatable bonds is 4. The van der Waals surface area contributed by atoms with E-state index in [1.807, 2.05) is 35.7 Å². The molecule has 0 amide bonds. The van der Waals surface area contributed by atoms with Crippen LogP contribution in [0.2, 0.25) is 0 Å². The van der Waals surface area contributed by atoms with Crippen LogP contribution in [-0.2, 0) is 6.54 Å². The molecular formula is C17H15N5O2S. The Hall–Kier alpha value is -3.00. The van der Waals surface area contributed by atoms with Gasteiger partial charge in [-0.25, -0.2) is 4.98 Å². The first-order chi connectivity index (χ1) is 12.1. The van der Waals surface area contributed by atoms with Crippen molar-refractivity contribution in [3.63, 3.8) is 0 Å². The van der Waals surface area contributed by atoms with Crippen molar-refractivity contribution in [1.29, 1.82) is 5.41 Å². The van der Waals surface area contributed by atoms with E-state index in [0.717, 1.165) is 11.3 Å². The Bertz CT molecular complexity index is 960. The Balaban J connectivity index is 1.57. The van der Waals surface area contributed by atoms with E-state index in [9.17, 15) is 5.11 Å². The van der Waals surface area contributed by atoms with Crippen LogP contribution in [0.15, 0.2) is 46.0 Å². The number of aliphatic hydroxyl groups excluding tert-OH is 1. The molecule has 1 aromatic carbocycles. The lowest BCUT2D eigenvalue weighted by Crippen LogP contribution is -2.26. The number of hydrogen-bond donors (Lipinski definition) is 2. The van der Waals surface area contributed by atoms with Gasteiger partial charge in [0.05, 0.1) is 24.4 Å². The maximum atomic E-state index is 10.3. The van der Waals surface area contributed by atoms with Gasteiger partial charge in [-0.2, -0.15) is 4.98 Å². The first-order valence-electron chi connectivity index (χ1n) is 7.68. The summed E-state index contributed by atoms with van der Waals surface area (Å²) in [6.45, 7) is 2.25. The number of hydrogen-bond acceptors (Lipinski definition) is 7. The van der Waals surface area contributed by atoms with E-state index >= 15 is 0 Å². The van der Waals surface area contributed by atoms with Gasteiger partial charge in [-0.05, 0) is 6.92 Å². The van der Waals surface area contributed by atoms with Crippen LogP contribution in [0.4, 0.5) is 0 Å². The predicted molar refractivity (Wildman–Crippen MR) is 94.3 cm³/mol. The maximum absolute atomic E-state index is 10.3. The second-order valence-corrected chi connectivity index (χ2v) is 6.52. The Morgan fingerprint density at radius 3 is 2.80 bits per heavy atom. The first-order valence-corrected chi connectivity index (χ1v) is 8.56.